The predicted octanol–water partition coefficient (Wildman–Crippen LogP) is 4.16. The SMILES string of the molecule is CC[C@@H](NC(=O)Cc1cccc(Cl)c1)c1ccc(OC)cc1. The Labute approximate surface area is 136 Å². The van der Waals surface area contributed by atoms with E-state index in [1.165, 1.54) is 0 Å². The van der Waals surface area contributed by atoms with Gasteiger partial charge in [-0.2, -0.15) is 0 Å². The maximum atomic E-state index is 12.2. The van der Waals surface area contributed by atoms with Crippen LogP contribution in [0.2, 0.25) is 5.02 Å². The zero-order valence-electron chi connectivity index (χ0n) is 12.8. The summed E-state index contributed by atoms with van der Waals surface area (Å²) in [6.45, 7) is 2.05. The lowest BCUT2D eigenvalue weighted by molar-refractivity contribution is -0.121. The number of ether oxygens (including phenoxy) is 1. The Bertz CT molecular complexity index is 625. The Morgan fingerprint density at radius 1 is 1.23 bits per heavy atom. The number of hydrogen-bond acceptors (Lipinski definition) is 2. The maximum absolute atomic E-state index is 12.2. The predicted molar refractivity (Wildman–Crippen MR) is 89.3 cm³/mol. The lowest BCUT2D eigenvalue weighted by Crippen LogP contribution is -2.29. The van der Waals surface area contributed by atoms with E-state index in [4.69, 9.17) is 16.3 Å². The Hall–Kier alpha value is -2.00. The van der Waals surface area contributed by atoms with Crippen LogP contribution in [0.4, 0.5) is 0 Å². The van der Waals surface area contributed by atoms with Gasteiger partial charge in [-0.3, -0.25) is 4.79 Å². The molecule has 3 nitrogen and oxygen atoms in total. The van der Waals surface area contributed by atoms with Gasteiger partial charge in [0, 0.05) is 5.02 Å². The molecule has 0 spiro atoms. The fourth-order valence-corrected chi connectivity index (χ4v) is 2.55. The second kappa shape index (κ2) is 7.85. The minimum atomic E-state index is -0.00932. The molecule has 0 fully saturated rings. The molecular formula is C18H20ClNO2. The number of carbonyl (C=O) groups is 1. The summed E-state index contributed by atoms with van der Waals surface area (Å²) in [6, 6.07) is 15.1. The van der Waals surface area contributed by atoms with Gasteiger partial charge >= 0.3 is 0 Å². The Balaban J connectivity index is 2.01. The van der Waals surface area contributed by atoms with Crippen molar-refractivity contribution in [1.29, 1.82) is 0 Å². The first-order valence-electron chi connectivity index (χ1n) is 7.30. The summed E-state index contributed by atoms with van der Waals surface area (Å²) in [5, 5.41) is 3.71. The topological polar surface area (TPSA) is 38.3 Å². The van der Waals surface area contributed by atoms with Gasteiger partial charge in [0.15, 0.2) is 0 Å². The molecule has 0 bridgehead atoms. The van der Waals surface area contributed by atoms with Crippen molar-refractivity contribution in [3.8, 4) is 5.75 Å². The van der Waals surface area contributed by atoms with Crippen molar-refractivity contribution in [2.45, 2.75) is 25.8 Å². The average molecular weight is 318 g/mol. The Morgan fingerprint density at radius 3 is 2.55 bits per heavy atom. The number of nitrogens with one attached hydrogen (secondary N) is 1. The van der Waals surface area contributed by atoms with Crippen LogP contribution >= 0.6 is 11.6 Å². The largest absolute Gasteiger partial charge is 0.497 e. The Morgan fingerprint density at radius 2 is 1.95 bits per heavy atom. The Kier molecular flexibility index (Phi) is 5.84. The maximum Gasteiger partial charge on any atom is 0.224 e. The summed E-state index contributed by atoms with van der Waals surface area (Å²) in [7, 11) is 1.64. The molecule has 0 saturated heterocycles. The minimum absolute atomic E-state index is 0.00223. The first-order valence-corrected chi connectivity index (χ1v) is 7.68. The van der Waals surface area contributed by atoms with Gasteiger partial charge in [-0.05, 0) is 41.8 Å². The van der Waals surface area contributed by atoms with Gasteiger partial charge < -0.3 is 10.1 Å². The van der Waals surface area contributed by atoms with Crippen molar-refractivity contribution in [1.82, 2.24) is 5.32 Å². The highest BCUT2D eigenvalue weighted by molar-refractivity contribution is 6.30. The van der Waals surface area contributed by atoms with Gasteiger partial charge in [-0.1, -0.05) is 42.8 Å². The molecule has 0 aromatic heterocycles. The van der Waals surface area contributed by atoms with Crippen molar-refractivity contribution in [3.63, 3.8) is 0 Å². The van der Waals surface area contributed by atoms with E-state index in [0.29, 0.717) is 11.4 Å². The normalized spacial score (nSPS) is 11.8. The van der Waals surface area contributed by atoms with E-state index >= 15 is 0 Å². The monoisotopic (exact) mass is 317 g/mol. The van der Waals surface area contributed by atoms with Crippen molar-refractivity contribution in [3.05, 3.63) is 64.7 Å². The highest BCUT2D eigenvalue weighted by Crippen LogP contribution is 2.20. The fraction of sp³-hybridized carbons (Fsp3) is 0.278. The minimum Gasteiger partial charge on any atom is -0.497 e. The number of halogens is 1. The van der Waals surface area contributed by atoms with Gasteiger partial charge in [0.05, 0.1) is 19.6 Å². The van der Waals surface area contributed by atoms with Crippen LogP contribution in [0.5, 0.6) is 5.75 Å². The third-order valence-electron chi connectivity index (χ3n) is 3.52. The smallest absolute Gasteiger partial charge is 0.224 e. The molecule has 0 unspecified atom stereocenters. The summed E-state index contributed by atoms with van der Waals surface area (Å²) in [4.78, 5) is 12.2. The third-order valence-corrected chi connectivity index (χ3v) is 3.75. The van der Waals surface area contributed by atoms with Gasteiger partial charge in [0.25, 0.3) is 0 Å². The molecule has 2 aromatic rings. The highest BCUT2D eigenvalue weighted by atomic mass is 35.5. The highest BCUT2D eigenvalue weighted by Gasteiger charge is 2.13. The quantitative estimate of drug-likeness (QED) is 0.868. The second-order valence-corrected chi connectivity index (χ2v) is 5.54. The number of hydrogen-bond donors (Lipinski definition) is 1. The van der Waals surface area contributed by atoms with E-state index < -0.39 is 0 Å². The van der Waals surface area contributed by atoms with Crippen LogP contribution < -0.4 is 10.1 Å². The van der Waals surface area contributed by atoms with E-state index in [-0.39, 0.29) is 11.9 Å². The molecule has 4 heteroatoms. The molecule has 1 atom stereocenters. The molecule has 0 aliphatic rings. The van der Waals surface area contributed by atoms with Crippen molar-refractivity contribution in [2.24, 2.45) is 0 Å². The van der Waals surface area contributed by atoms with E-state index in [1.807, 2.05) is 42.5 Å². The average Bonchev–Trinajstić information content (AvgIpc) is 2.53. The van der Waals surface area contributed by atoms with Crippen LogP contribution in [0.3, 0.4) is 0 Å². The van der Waals surface area contributed by atoms with Crippen molar-refractivity contribution < 1.29 is 9.53 Å². The van der Waals surface area contributed by atoms with E-state index in [1.54, 1.807) is 13.2 Å². The molecule has 1 N–H and O–H groups in total. The van der Waals surface area contributed by atoms with E-state index in [0.717, 1.165) is 23.3 Å². The molecule has 2 rings (SSSR count). The molecule has 22 heavy (non-hydrogen) atoms. The van der Waals surface area contributed by atoms with Crippen LogP contribution in [-0.4, -0.2) is 13.0 Å². The summed E-state index contributed by atoms with van der Waals surface area (Å²) in [6.07, 6.45) is 1.15. The number of methoxy groups -OCH3 is 1. The molecule has 1 amide bonds. The zero-order valence-corrected chi connectivity index (χ0v) is 13.6. The summed E-state index contributed by atoms with van der Waals surface area (Å²) >= 11 is 5.94. The summed E-state index contributed by atoms with van der Waals surface area (Å²) in [5.41, 5.74) is 1.98. The van der Waals surface area contributed by atoms with Crippen LogP contribution in [-0.2, 0) is 11.2 Å². The molecular weight excluding hydrogens is 298 g/mol. The molecule has 2 aromatic carbocycles. The zero-order chi connectivity index (χ0) is 15.9. The first kappa shape index (κ1) is 16.4. The van der Waals surface area contributed by atoms with Crippen LogP contribution in [0.1, 0.15) is 30.5 Å². The fourth-order valence-electron chi connectivity index (χ4n) is 2.33. The van der Waals surface area contributed by atoms with E-state index in [9.17, 15) is 4.79 Å². The molecule has 0 heterocycles. The van der Waals surface area contributed by atoms with Gasteiger partial charge in [0.2, 0.25) is 5.91 Å². The second-order valence-electron chi connectivity index (χ2n) is 5.11. The number of amides is 1. The molecule has 0 saturated carbocycles. The molecule has 116 valence electrons. The van der Waals surface area contributed by atoms with Gasteiger partial charge in [0.1, 0.15) is 5.75 Å². The molecule has 0 aliphatic heterocycles. The molecule has 0 aliphatic carbocycles. The van der Waals surface area contributed by atoms with E-state index in [2.05, 4.69) is 12.2 Å². The summed E-state index contributed by atoms with van der Waals surface area (Å²) in [5.74, 6) is 0.800. The number of rotatable bonds is 6. The van der Waals surface area contributed by atoms with Crippen molar-refractivity contribution >= 4 is 17.5 Å². The van der Waals surface area contributed by atoms with Gasteiger partial charge in [-0.25, -0.2) is 0 Å². The lowest BCUT2D eigenvalue weighted by atomic mass is 10.0. The standard InChI is InChI=1S/C18H20ClNO2/c1-3-17(14-7-9-16(22-2)10-8-14)20-18(21)12-13-5-4-6-15(19)11-13/h4-11,17H,3,12H2,1-2H3,(H,20,21)/t17-/m1/s1. The van der Waals surface area contributed by atoms with Crippen LogP contribution in [0.15, 0.2) is 48.5 Å². The molecule has 0 radical (unpaired) electrons. The number of benzene rings is 2. The first-order chi connectivity index (χ1) is 10.6. The summed E-state index contributed by atoms with van der Waals surface area (Å²) < 4.78 is 5.15. The lowest BCUT2D eigenvalue weighted by Gasteiger charge is -2.18. The van der Waals surface area contributed by atoms with Crippen LogP contribution in [0.25, 0.3) is 0 Å². The van der Waals surface area contributed by atoms with Gasteiger partial charge in [-0.15, -0.1) is 0 Å². The van der Waals surface area contributed by atoms with Crippen LogP contribution in [0, 0.1) is 0 Å². The van der Waals surface area contributed by atoms with Crippen molar-refractivity contribution in [2.75, 3.05) is 7.11 Å². The number of carbonyl (C=O) groups excluding carboxylic acids is 1. The third kappa shape index (κ3) is 4.50.